The molecule has 0 fully saturated rings. The Morgan fingerprint density at radius 1 is 1.69 bits per heavy atom. The van der Waals surface area contributed by atoms with Crippen molar-refractivity contribution in [2.75, 3.05) is 6.61 Å². The van der Waals surface area contributed by atoms with Crippen LogP contribution in [0.25, 0.3) is 0 Å². The van der Waals surface area contributed by atoms with Crippen LogP contribution in [0.1, 0.15) is 25.3 Å². The van der Waals surface area contributed by atoms with Crippen LogP contribution in [0.3, 0.4) is 0 Å². The summed E-state index contributed by atoms with van der Waals surface area (Å²) in [6, 6.07) is 0.0763. The minimum atomic E-state index is 0.0763. The maximum Gasteiger partial charge on any atom is 0.215 e. The molecule has 0 radical (unpaired) electrons. The van der Waals surface area contributed by atoms with Gasteiger partial charge in [0, 0.05) is 5.56 Å². The van der Waals surface area contributed by atoms with Gasteiger partial charge in [-0.15, -0.1) is 0 Å². The monoisotopic (exact) mass is 181 g/mol. The van der Waals surface area contributed by atoms with E-state index in [1.165, 1.54) is 5.56 Å². The molecule has 1 aliphatic rings. The van der Waals surface area contributed by atoms with E-state index in [1.807, 2.05) is 10.9 Å². The normalized spacial score (nSPS) is 21.4. The standard InChI is InChI=1S/C9H15N3O/c1-6(2)8-3-11-12-4-7(10)5-13-9(8)12/h3,6-7H,4-5,10H2,1-2H3. The summed E-state index contributed by atoms with van der Waals surface area (Å²) in [6.07, 6.45) is 1.87. The van der Waals surface area contributed by atoms with Gasteiger partial charge < -0.3 is 10.5 Å². The van der Waals surface area contributed by atoms with Crippen LogP contribution in [0.5, 0.6) is 5.88 Å². The van der Waals surface area contributed by atoms with Crippen molar-refractivity contribution in [3.8, 4) is 5.88 Å². The highest BCUT2D eigenvalue weighted by Crippen LogP contribution is 2.28. The number of ether oxygens (including phenoxy) is 1. The fraction of sp³-hybridized carbons (Fsp3) is 0.667. The number of rotatable bonds is 1. The lowest BCUT2D eigenvalue weighted by Crippen LogP contribution is -2.37. The van der Waals surface area contributed by atoms with Crippen molar-refractivity contribution in [1.82, 2.24) is 9.78 Å². The Morgan fingerprint density at radius 2 is 2.46 bits per heavy atom. The maximum absolute atomic E-state index is 5.75. The Kier molecular flexibility index (Phi) is 2.00. The van der Waals surface area contributed by atoms with E-state index in [2.05, 4.69) is 18.9 Å². The van der Waals surface area contributed by atoms with Crippen LogP contribution in [0, 0.1) is 0 Å². The Hall–Kier alpha value is -1.03. The summed E-state index contributed by atoms with van der Waals surface area (Å²) in [6.45, 7) is 5.64. The second-order valence-corrected chi connectivity index (χ2v) is 3.81. The summed E-state index contributed by atoms with van der Waals surface area (Å²) < 4.78 is 7.39. The lowest BCUT2D eigenvalue weighted by atomic mass is 10.1. The van der Waals surface area contributed by atoms with E-state index in [9.17, 15) is 0 Å². The van der Waals surface area contributed by atoms with Gasteiger partial charge >= 0.3 is 0 Å². The van der Waals surface area contributed by atoms with Crippen LogP contribution in [0.15, 0.2) is 6.20 Å². The molecule has 0 bridgehead atoms. The quantitative estimate of drug-likeness (QED) is 0.694. The van der Waals surface area contributed by atoms with Crippen LogP contribution in [0.4, 0.5) is 0 Å². The molecular formula is C9H15N3O. The smallest absolute Gasteiger partial charge is 0.215 e. The topological polar surface area (TPSA) is 53.1 Å². The lowest BCUT2D eigenvalue weighted by molar-refractivity contribution is 0.203. The SMILES string of the molecule is CC(C)c1cnn2c1OCC(N)C2. The molecular weight excluding hydrogens is 166 g/mol. The minimum Gasteiger partial charge on any atom is -0.476 e. The molecule has 72 valence electrons. The number of nitrogens with zero attached hydrogens (tertiary/aromatic N) is 2. The molecule has 2 rings (SSSR count). The molecule has 13 heavy (non-hydrogen) atoms. The molecule has 0 aliphatic carbocycles. The third kappa shape index (κ3) is 1.42. The van der Waals surface area contributed by atoms with Gasteiger partial charge in [-0.2, -0.15) is 5.10 Å². The van der Waals surface area contributed by atoms with E-state index < -0.39 is 0 Å². The molecule has 2 N–H and O–H groups in total. The van der Waals surface area contributed by atoms with Gasteiger partial charge in [0.2, 0.25) is 5.88 Å². The van der Waals surface area contributed by atoms with Gasteiger partial charge in [-0.25, -0.2) is 4.68 Å². The summed E-state index contributed by atoms with van der Waals surface area (Å²) >= 11 is 0. The number of fused-ring (bicyclic) bond motifs is 1. The Balaban J connectivity index is 2.33. The predicted molar refractivity (Wildman–Crippen MR) is 49.8 cm³/mol. The van der Waals surface area contributed by atoms with E-state index >= 15 is 0 Å². The van der Waals surface area contributed by atoms with Crippen LogP contribution in [-0.2, 0) is 6.54 Å². The van der Waals surface area contributed by atoms with Crippen molar-refractivity contribution in [2.45, 2.75) is 32.4 Å². The Morgan fingerprint density at radius 3 is 3.15 bits per heavy atom. The van der Waals surface area contributed by atoms with Gasteiger partial charge in [-0.3, -0.25) is 0 Å². The maximum atomic E-state index is 5.75. The van der Waals surface area contributed by atoms with Gasteiger partial charge in [0.25, 0.3) is 0 Å². The highest BCUT2D eigenvalue weighted by Gasteiger charge is 2.21. The summed E-state index contributed by atoms with van der Waals surface area (Å²) in [5, 5.41) is 4.24. The number of aromatic nitrogens is 2. The zero-order chi connectivity index (χ0) is 9.42. The molecule has 1 aliphatic heterocycles. The summed E-state index contributed by atoms with van der Waals surface area (Å²) in [4.78, 5) is 0. The molecule has 4 heteroatoms. The Labute approximate surface area is 77.7 Å². The van der Waals surface area contributed by atoms with E-state index in [0.717, 1.165) is 12.4 Å². The van der Waals surface area contributed by atoms with Crippen LogP contribution >= 0.6 is 0 Å². The Bertz CT molecular complexity index is 306. The molecule has 0 amide bonds. The van der Waals surface area contributed by atoms with Crippen molar-refractivity contribution in [2.24, 2.45) is 5.73 Å². The summed E-state index contributed by atoms with van der Waals surface area (Å²) in [7, 11) is 0. The molecule has 1 aromatic heterocycles. The zero-order valence-corrected chi connectivity index (χ0v) is 8.03. The second-order valence-electron chi connectivity index (χ2n) is 3.81. The minimum absolute atomic E-state index is 0.0763. The van der Waals surface area contributed by atoms with Gasteiger partial charge in [-0.1, -0.05) is 13.8 Å². The molecule has 0 saturated carbocycles. The third-order valence-corrected chi connectivity index (χ3v) is 2.28. The third-order valence-electron chi connectivity index (χ3n) is 2.28. The largest absolute Gasteiger partial charge is 0.476 e. The molecule has 1 unspecified atom stereocenters. The zero-order valence-electron chi connectivity index (χ0n) is 8.03. The molecule has 4 nitrogen and oxygen atoms in total. The fourth-order valence-corrected chi connectivity index (χ4v) is 1.53. The van der Waals surface area contributed by atoms with Crippen molar-refractivity contribution in [3.05, 3.63) is 11.8 Å². The van der Waals surface area contributed by atoms with Crippen LogP contribution < -0.4 is 10.5 Å². The average Bonchev–Trinajstić information content (AvgIpc) is 2.46. The van der Waals surface area contributed by atoms with E-state index in [4.69, 9.17) is 10.5 Å². The van der Waals surface area contributed by atoms with E-state index in [0.29, 0.717) is 12.5 Å². The number of nitrogens with two attached hydrogens (primary N) is 1. The molecule has 0 aromatic carbocycles. The van der Waals surface area contributed by atoms with Crippen molar-refractivity contribution in [3.63, 3.8) is 0 Å². The summed E-state index contributed by atoms with van der Waals surface area (Å²) in [5.41, 5.74) is 6.92. The van der Waals surface area contributed by atoms with E-state index in [-0.39, 0.29) is 6.04 Å². The first kappa shape index (κ1) is 8.56. The predicted octanol–water partition coefficient (Wildman–Crippen LogP) is 0.726. The highest BCUT2D eigenvalue weighted by molar-refractivity contribution is 5.28. The van der Waals surface area contributed by atoms with Gasteiger partial charge in [0.1, 0.15) is 6.61 Å². The summed E-state index contributed by atoms with van der Waals surface area (Å²) in [5.74, 6) is 1.36. The van der Waals surface area contributed by atoms with Crippen molar-refractivity contribution >= 4 is 0 Å². The molecule has 0 spiro atoms. The molecule has 1 aromatic rings. The van der Waals surface area contributed by atoms with Crippen molar-refractivity contribution in [1.29, 1.82) is 0 Å². The first-order valence-electron chi connectivity index (χ1n) is 4.62. The molecule has 2 heterocycles. The van der Waals surface area contributed by atoms with Crippen molar-refractivity contribution < 1.29 is 4.74 Å². The van der Waals surface area contributed by atoms with Gasteiger partial charge in [0.15, 0.2) is 0 Å². The van der Waals surface area contributed by atoms with Gasteiger partial charge in [-0.05, 0) is 5.92 Å². The lowest BCUT2D eigenvalue weighted by Gasteiger charge is -2.22. The molecule has 1 atom stereocenters. The van der Waals surface area contributed by atoms with E-state index in [1.54, 1.807) is 0 Å². The first-order chi connectivity index (χ1) is 6.18. The number of hydrogen-bond acceptors (Lipinski definition) is 3. The van der Waals surface area contributed by atoms with Crippen LogP contribution in [-0.4, -0.2) is 22.4 Å². The number of hydrogen-bond donors (Lipinski definition) is 1. The first-order valence-corrected chi connectivity index (χ1v) is 4.62. The highest BCUT2D eigenvalue weighted by atomic mass is 16.5. The average molecular weight is 181 g/mol. The second kappa shape index (κ2) is 3.03. The van der Waals surface area contributed by atoms with Crippen LogP contribution in [0.2, 0.25) is 0 Å². The van der Waals surface area contributed by atoms with Gasteiger partial charge in [0.05, 0.1) is 18.8 Å². The fourth-order valence-electron chi connectivity index (χ4n) is 1.53. The molecule has 0 saturated heterocycles.